The van der Waals surface area contributed by atoms with Crippen LogP contribution in [0.4, 0.5) is 5.00 Å². The van der Waals surface area contributed by atoms with Gasteiger partial charge in [-0.3, -0.25) is 4.79 Å². The Balaban J connectivity index is 1.95. The van der Waals surface area contributed by atoms with Crippen molar-refractivity contribution in [2.24, 2.45) is 0 Å². The number of aryl methyl sites for hydroxylation is 2. The number of amides is 1. The number of rotatable bonds is 4. The largest absolute Gasteiger partial charge is 0.462 e. The molecule has 0 radical (unpaired) electrons. The minimum Gasteiger partial charge on any atom is -0.462 e. The van der Waals surface area contributed by atoms with Crippen LogP contribution in [0.15, 0.2) is 18.5 Å². The lowest BCUT2D eigenvalue weighted by Gasteiger charge is -2.07. The predicted molar refractivity (Wildman–Crippen MR) is 88.5 cm³/mol. The van der Waals surface area contributed by atoms with E-state index >= 15 is 0 Å². The van der Waals surface area contributed by atoms with E-state index < -0.39 is 11.9 Å². The van der Waals surface area contributed by atoms with Gasteiger partial charge in [0.25, 0.3) is 11.7 Å². The summed E-state index contributed by atoms with van der Waals surface area (Å²) in [5.74, 6) is -0.523. The van der Waals surface area contributed by atoms with Crippen molar-refractivity contribution >= 4 is 34.0 Å². The molecule has 0 bridgehead atoms. The van der Waals surface area contributed by atoms with Crippen LogP contribution in [0.1, 0.15) is 38.3 Å². The van der Waals surface area contributed by atoms with Crippen LogP contribution in [-0.2, 0) is 4.74 Å². The van der Waals surface area contributed by atoms with E-state index in [1.807, 2.05) is 6.92 Å². The number of nitrogens with zero attached hydrogens (tertiary/aromatic N) is 4. The first kappa shape index (κ1) is 16.1. The Bertz CT molecular complexity index is 930. The Kier molecular flexibility index (Phi) is 4.26. The maximum absolute atomic E-state index is 12.6. The number of hydrogen-bond donors (Lipinski definition) is 1. The van der Waals surface area contributed by atoms with Crippen molar-refractivity contribution in [1.29, 1.82) is 0 Å². The number of nitrogens with one attached hydrogen (secondary N) is 1. The fourth-order valence-electron chi connectivity index (χ4n) is 2.23. The molecule has 0 saturated carbocycles. The number of fused-ring (bicyclic) bond motifs is 1. The number of esters is 1. The molecule has 3 aromatic heterocycles. The molecule has 0 saturated heterocycles. The van der Waals surface area contributed by atoms with Crippen molar-refractivity contribution in [3.8, 4) is 0 Å². The van der Waals surface area contributed by atoms with Gasteiger partial charge in [0.2, 0.25) is 0 Å². The molecule has 8 nitrogen and oxygen atoms in total. The molecule has 3 aromatic rings. The van der Waals surface area contributed by atoms with Crippen LogP contribution in [0.3, 0.4) is 0 Å². The van der Waals surface area contributed by atoms with Gasteiger partial charge in [-0.1, -0.05) is 0 Å². The van der Waals surface area contributed by atoms with Gasteiger partial charge in [-0.15, -0.1) is 11.3 Å². The fraction of sp³-hybridized carbons (Fsp3) is 0.267. The maximum Gasteiger partial charge on any atom is 0.341 e. The van der Waals surface area contributed by atoms with E-state index in [1.165, 1.54) is 22.2 Å². The highest BCUT2D eigenvalue weighted by Crippen LogP contribution is 2.28. The van der Waals surface area contributed by atoms with Gasteiger partial charge in [0.05, 0.1) is 12.2 Å². The Labute approximate surface area is 141 Å². The minimum absolute atomic E-state index is 0.268. The number of ether oxygens (including phenoxy) is 1. The highest BCUT2D eigenvalue weighted by molar-refractivity contribution is 7.16. The molecule has 24 heavy (non-hydrogen) atoms. The summed E-state index contributed by atoms with van der Waals surface area (Å²) < 4.78 is 6.38. The number of anilines is 1. The molecule has 0 aromatic carbocycles. The smallest absolute Gasteiger partial charge is 0.341 e. The van der Waals surface area contributed by atoms with Gasteiger partial charge in [0.15, 0.2) is 0 Å². The third-order valence-electron chi connectivity index (χ3n) is 3.19. The lowest BCUT2D eigenvalue weighted by molar-refractivity contribution is 0.0528. The van der Waals surface area contributed by atoms with Crippen molar-refractivity contribution < 1.29 is 14.3 Å². The van der Waals surface area contributed by atoms with Crippen LogP contribution >= 0.6 is 11.3 Å². The fourth-order valence-corrected chi connectivity index (χ4v) is 3.12. The van der Waals surface area contributed by atoms with Crippen molar-refractivity contribution in [3.63, 3.8) is 0 Å². The molecular weight excluding hydrogens is 330 g/mol. The van der Waals surface area contributed by atoms with Crippen LogP contribution in [0.5, 0.6) is 0 Å². The van der Waals surface area contributed by atoms with Crippen molar-refractivity contribution in [2.75, 3.05) is 11.9 Å². The van der Waals surface area contributed by atoms with Crippen molar-refractivity contribution in [1.82, 2.24) is 19.6 Å². The Morgan fingerprint density at radius 2 is 2.12 bits per heavy atom. The van der Waals surface area contributed by atoms with E-state index in [9.17, 15) is 9.59 Å². The Morgan fingerprint density at radius 1 is 1.33 bits per heavy atom. The molecule has 1 N–H and O–H groups in total. The number of aromatic nitrogens is 4. The summed E-state index contributed by atoms with van der Waals surface area (Å²) in [4.78, 5) is 33.7. The highest BCUT2D eigenvalue weighted by atomic mass is 32.1. The molecule has 0 aliphatic rings. The second kappa shape index (κ2) is 6.36. The third kappa shape index (κ3) is 2.98. The molecule has 9 heteroatoms. The molecule has 1 amide bonds. The first-order valence-electron chi connectivity index (χ1n) is 7.26. The van der Waals surface area contributed by atoms with Crippen molar-refractivity contribution in [3.05, 3.63) is 40.3 Å². The average Bonchev–Trinajstić information content (AvgIpc) is 3.12. The predicted octanol–water partition coefficient (Wildman–Crippen LogP) is 2.23. The van der Waals surface area contributed by atoms with Gasteiger partial charge in [0.1, 0.15) is 17.0 Å². The van der Waals surface area contributed by atoms with Crippen LogP contribution in [0, 0.1) is 13.8 Å². The molecule has 0 aliphatic carbocycles. The number of thiophene rings is 1. The third-order valence-corrected chi connectivity index (χ3v) is 4.16. The highest BCUT2D eigenvalue weighted by Gasteiger charge is 2.20. The zero-order valence-corrected chi connectivity index (χ0v) is 14.2. The van der Waals surface area contributed by atoms with Gasteiger partial charge >= 0.3 is 5.97 Å². The molecule has 0 fully saturated rings. The quantitative estimate of drug-likeness (QED) is 0.728. The van der Waals surface area contributed by atoms with Crippen LogP contribution in [0.2, 0.25) is 0 Å². The van der Waals surface area contributed by atoms with Crippen LogP contribution in [0.25, 0.3) is 5.78 Å². The van der Waals surface area contributed by atoms with Gasteiger partial charge in [0, 0.05) is 10.6 Å². The summed E-state index contributed by atoms with van der Waals surface area (Å²) in [5, 5.41) is 7.21. The normalized spacial score (nSPS) is 10.8. The van der Waals surface area contributed by atoms with E-state index in [4.69, 9.17) is 4.74 Å². The zero-order chi connectivity index (χ0) is 17.3. The number of carbonyl (C=O) groups is 2. The lowest BCUT2D eigenvalue weighted by atomic mass is 10.2. The summed E-state index contributed by atoms with van der Waals surface area (Å²) in [6.45, 7) is 5.63. The molecule has 124 valence electrons. The SMILES string of the molecule is CCOC(=O)c1cc(C)sc1NC(=O)c1cc(C)nc2ncnn12. The molecule has 3 heterocycles. The molecule has 0 spiro atoms. The van der Waals surface area contributed by atoms with E-state index in [2.05, 4.69) is 20.4 Å². The second-order valence-corrected chi connectivity index (χ2v) is 6.29. The van der Waals surface area contributed by atoms with E-state index in [0.717, 1.165) is 4.88 Å². The molecular formula is C15H15N5O3S. The first-order valence-corrected chi connectivity index (χ1v) is 8.07. The summed E-state index contributed by atoms with van der Waals surface area (Å²) in [7, 11) is 0. The Hall–Kier alpha value is -2.81. The summed E-state index contributed by atoms with van der Waals surface area (Å²) in [6, 6.07) is 3.31. The van der Waals surface area contributed by atoms with Crippen molar-refractivity contribution in [2.45, 2.75) is 20.8 Å². The molecule has 0 aliphatic heterocycles. The summed E-state index contributed by atoms with van der Waals surface area (Å²) >= 11 is 1.31. The topological polar surface area (TPSA) is 98.5 Å². The molecule has 0 unspecified atom stereocenters. The summed E-state index contributed by atoms with van der Waals surface area (Å²) in [5.41, 5.74) is 1.28. The Morgan fingerprint density at radius 3 is 2.88 bits per heavy atom. The number of hydrogen-bond acceptors (Lipinski definition) is 7. The van der Waals surface area contributed by atoms with Gasteiger partial charge < -0.3 is 10.1 Å². The van der Waals surface area contributed by atoms with Gasteiger partial charge in [-0.25, -0.2) is 9.78 Å². The summed E-state index contributed by atoms with van der Waals surface area (Å²) in [6.07, 6.45) is 1.33. The standard InChI is InChI=1S/C15H15N5O3S/c1-4-23-14(22)10-6-9(3)24-13(10)19-12(21)11-5-8(2)18-15-16-7-17-20(11)15/h5-7H,4H2,1-3H3,(H,19,21). The van der Waals surface area contributed by atoms with Crippen LogP contribution in [-0.4, -0.2) is 38.1 Å². The maximum atomic E-state index is 12.6. The second-order valence-electron chi connectivity index (χ2n) is 5.03. The average molecular weight is 345 g/mol. The van der Waals surface area contributed by atoms with E-state index in [1.54, 1.807) is 26.0 Å². The van der Waals surface area contributed by atoms with Gasteiger partial charge in [-0.2, -0.15) is 14.6 Å². The van der Waals surface area contributed by atoms with E-state index in [0.29, 0.717) is 22.0 Å². The van der Waals surface area contributed by atoms with Crippen LogP contribution < -0.4 is 5.32 Å². The van der Waals surface area contributed by atoms with Gasteiger partial charge in [-0.05, 0) is 32.9 Å². The minimum atomic E-state index is -0.464. The lowest BCUT2D eigenvalue weighted by Crippen LogP contribution is -2.18. The number of carbonyl (C=O) groups excluding carboxylic acids is 2. The monoisotopic (exact) mass is 345 g/mol. The molecule has 0 atom stereocenters. The molecule has 3 rings (SSSR count). The van der Waals surface area contributed by atoms with E-state index in [-0.39, 0.29) is 12.3 Å². The zero-order valence-electron chi connectivity index (χ0n) is 13.4. The first-order chi connectivity index (χ1) is 11.5.